The maximum Gasteiger partial charge on any atom is 0.226 e. The molecule has 0 bridgehead atoms. The van der Waals surface area contributed by atoms with E-state index in [0.29, 0.717) is 27.5 Å². The molecule has 8 heteroatoms. The Hall–Kier alpha value is -2.77. The number of aromatic nitrogens is 1. The minimum Gasteiger partial charge on any atom is -0.493 e. The number of para-hydroxylation sites is 1. The number of rotatable bonds is 5. The van der Waals surface area contributed by atoms with Gasteiger partial charge in [-0.25, -0.2) is 4.98 Å². The largest absolute Gasteiger partial charge is 0.493 e. The highest BCUT2D eigenvalue weighted by Gasteiger charge is 2.32. The summed E-state index contributed by atoms with van der Waals surface area (Å²) >= 11 is 7.63. The number of nitrogens with two attached hydrogens (primary N) is 1. The summed E-state index contributed by atoms with van der Waals surface area (Å²) in [5.41, 5.74) is 7.59. The van der Waals surface area contributed by atoms with Crippen molar-refractivity contribution in [2.75, 3.05) is 18.2 Å². The molecule has 6 nitrogen and oxygen atoms in total. The highest BCUT2D eigenvalue weighted by molar-refractivity contribution is 7.16. The summed E-state index contributed by atoms with van der Waals surface area (Å²) in [5, 5.41) is 3.83. The van der Waals surface area contributed by atoms with Gasteiger partial charge in [0.15, 0.2) is 16.6 Å². The van der Waals surface area contributed by atoms with Crippen LogP contribution in [-0.4, -0.2) is 18.0 Å². The summed E-state index contributed by atoms with van der Waals surface area (Å²) in [6, 6.07) is 13.2. The van der Waals surface area contributed by atoms with Crippen molar-refractivity contribution in [3.8, 4) is 11.5 Å². The molecular formula is C20H18ClN3O3S. The molecular weight excluding hydrogens is 398 g/mol. The smallest absolute Gasteiger partial charge is 0.226 e. The highest BCUT2D eigenvalue weighted by Crippen LogP contribution is 2.46. The van der Waals surface area contributed by atoms with Crippen molar-refractivity contribution >= 4 is 39.8 Å². The van der Waals surface area contributed by atoms with Gasteiger partial charge in [0.05, 0.1) is 12.0 Å². The number of carbonyl (C=O) groups is 1. The summed E-state index contributed by atoms with van der Waals surface area (Å²) in [5.74, 6) is 1.37. The van der Waals surface area contributed by atoms with E-state index in [1.807, 2.05) is 42.5 Å². The number of methoxy groups -OCH3 is 1. The fraction of sp³-hybridized carbons (Fsp3) is 0.200. The SMILES string of the molecule is COc1cccc([C@H]2CC(=O)Nc3nc(N)sc32)c1OCc1ccccc1Cl. The molecule has 0 radical (unpaired) electrons. The Kier molecular flexibility index (Phi) is 5.11. The summed E-state index contributed by atoms with van der Waals surface area (Å²) < 4.78 is 11.7. The van der Waals surface area contributed by atoms with E-state index in [9.17, 15) is 4.79 Å². The van der Waals surface area contributed by atoms with Gasteiger partial charge in [0, 0.05) is 28.5 Å². The summed E-state index contributed by atoms with van der Waals surface area (Å²) in [7, 11) is 1.59. The summed E-state index contributed by atoms with van der Waals surface area (Å²) in [4.78, 5) is 17.4. The second kappa shape index (κ2) is 7.69. The molecule has 2 aromatic carbocycles. The molecule has 0 saturated carbocycles. The Labute approximate surface area is 171 Å². The molecule has 144 valence electrons. The number of benzene rings is 2. The van der Waals surface area contributed by atoms with E-state index >= 15 is 0 Å². The lowest BCUT2D eigenvalue weighted by Gasteiger charge is -2.24. The van der Waals surface area contributed by atoms with Gasteiger partial charge >= 0.3 is 0 Å². The third-order valence-corrected chi connectivity index (χ3v) is 5.94. The molecule has 0 unspecified atom stereocenters. The predicted octanol–water partition coefficient (Wildman–Crippen LogP) is 4.44. The van der Waals surface area contributed by atoms with Crippen molar-refractivity contribution in [1.82, 2.24) is 4.98 Å². The molecule has 1 aromatic heterocycles. The molecule has 3 aromatic rings. The monoisotopic (exact) mass is 415 g/mol. The van der Waals surface area contributed by atoms with E-state index in [1.54, 1.807) is 7.11 Å². The zero-order chi connectivity index (χ0) is 19.7. The molecule has 0 fully saturated rings. The van der Waals surface area contributed by atoms with Crippen LogP contribution in [0.5, 0.6) is 11.5 Å². The van der Waals surface area contributed by atoms with E-state index < -0.39 is 0 Å². The molecule has 0 saturated heterocycles. The Morgan fingerprint density at radius 3 is 2.89 bits per heavy atom. The fourth-order valence-electron chi connectivity index (χ4n) is 3.27. The topological polar surface area (TPSA) is 86.5 Å². The number of carbonyl (C=O) groups excluding carboxylic acids is 1. The second-order valence-electron chi connectivity index (χ2n) is 6.33. The summed E-state index contributed by atoms with van der Waals surface area (Å²) in [6.45, 7) is 0.281. The standard InChI is InChI=1S/C20H18ClN3O3S/c1-26-15-8-4-6-12(17(15)27-10-11-5-2-3-7-14(11)21)13-9-16(25)23-19-18(13)28-20(22)24-19/h2-8,13H,9-10H2,1H3,(H2,22,24)(H,23,25)/t13-/m1/s1. The fourth-order valence-corrected chi connectivity index (χ4v) is 4.37. The molecule has 28 heavy (non-hydrogen) atoms. The summed E-state index contributed by atoms with van der Waals surface area (Å²) in [6.07, 6.45) is 0.282. The Morgan fingerprint density at radius 1 is 1.29 bits per heavy atom. The Bertz CT molecular complexity index is 1040. The highest BCUT2D eigenvalue weighted by atomic mass is 35.5. The van der Waals surface area contributed by atoms with Crippen LogP contribution in [0, 0.1) is 0 Å². The van der Waals surface area contributed by atoms with Gasteiger partial charge in [0.25, 0.3) is 0 Å². The van der Waals surface area contributed by atoms with Gasteiger partial charge in [0.1, 0.15) is 12.4 Å². The number of hydrogen-bond acceptors (Lipinski definition) is 6. The van der Waals surface area contributed by atoms with Gasteiger partial charge in [-0.3, -0.25) is 4.79 Å². The molecule has 2 heterocycles. The third-order valence-electron chi connectivity index (χ3n) is 4.57. The van der Waals surface area contributed by atoms with Crippen molar-refractivity contribution in [2.45, 2.75) is 18.9 Å². The number of ether oxygens (including phenoxy) is 2. The van der Waals surface area contributed by atoms with Crippen LogP contribution >= 0.6 is 22.9 Å². The quantitative estimate of drug-likeness (QED) is 0.643. The average molecular weight is 416 g/mol. The van der Waals surface area contributed by atoms with E-state index in [2.05, 4.69) is 10.3 Å². The molecule has 0 spiro atoms. The van der Waals surface area contributed by atoms with Gasteiger partial charge in [-0.05, 0) is 12.1 Å². The van der Waals surface area contributed by atoms with Crippen molar-refractivity contribution < 1.29 is 14.3 Å². The molecule has 1 aliphatic rings. The van der Waals surface area contributed by atoms with Crippen LogP contribution in [0.4, 0.5) is 10.9 Å². The van der Waals surface area contributed by atoms with Gasteiger partial charge in [-0.1, -0.05) is 53.3 Å². The number of anilines is 2. The Balaban J connectivity index is 1.74. The average Bonchev–Trinajstić information content (AvgIpc) is 3.06. The first-order valence-corrected chi connectivity index (χ1v) is 9.85. The van der Waals surface area contributed by atoms with Crippen LogP contribution in [-0.2, 0) is 11.4 Å². The van der Waals surface area contributed by atoms with Gasteiger partial charge < -0.3 is 20.5 Å². The van der Waals surface area contributed by atoms with Crippen LogP contribution in [0.15, 0.2) is 42.5 Å². The molecule has 3 N–H and O–H groups in total. The van der Waals surface area contributed by atoms with Crippen molar-refractivity contribution in [3.63, 3.8) is 0 Å². The first-order valence-electron chi connectivity index (χ1n) is 8.66. The lowest BCUT2D eigenvalue weighted by atomic mass is 9.90. The van der Waals surface area contributed by atoms with E-state index in [-0.39, 0.29) is 24.9 Å². The second-order valence-corrected chi connectivity index (χ2v) is 7.80. The Morgan fingerprint density at radius 2 is 2.11 bits per heavy atom. The van der Waals surface area contributed by atoms with E-state index in [0.717, 1.165) is 16.0 Å². The predicted molar refractivity (Wildman–Crippen MR) is 110 cm³/mol. The zero-order valence-corrected chi connectivity index (χ0v) is 16.6. The maximum atomic E-state index is 12.2. The number of hydrogen-bond donors (Lipinski definition) is 2. The lowest BCUT2D eigenvalue weighted by Crippen LogP contribution is -2.23. The van der Waals surface area contributed by atoms with Gasteiger partial charge in [-0.15, -0.1) is 0 Å². The number of thiazole rings is 1. The molecule has 1 aliphatic heterocycles. The van der Waals surface area contributed by atoms with Crippen molar-refractivity contribution in [3.05, 3.63) is 63.5 Å². The van der Waals surface area contributed by atoms with Crippen molar-refractivity contribution in [2.24, 2.45) is 0 Å². The number of nitrogens with one attached hydrogen (secondary N) is 1. The molecule has 1 amide bonds. The minimum absolute atomic E-state index is 0.109. The first-order chi connectivity index (χ1) is 13.6. The number of halogens is 1. The van der Waals surface area contributed by atoms with E-state index in [1.165, 1.54) is 11.3 Å². The normalized spacial score (nSPS) is 15.6. The van der Waals surface area contributed by atoms with Crippen LogP contribution < -0.4 is 20.5 Å². The molecule has 4 rings (SSSR count). The molecule has 1 atom stereocenters. The van der Waals surface area contributed by atoms with Crippen molar-refractivity contribution in [1.29, 1.82) is 0 Å². The van der Waals surface area contributed by atoms with Crippen LogP contribution in [0.1, 0.15) is 28.3 Å². The minimum atomic E-state index is -0.213. The van der Waals surface area contributed by atoms with Crippen LogP contribution in [0.25, 0.3) is 0 Å². The molecule has 0 aliphatic carbocycles. The van der Waals surface area contributed by atoms with Crippen LogP contribution in [0.3, 0.4) is 0 Å². The third kappa shape index (κ3) is 3.50. The number of nitrogen functional groups attached to an aromatic ring is 1. The zero-order valence-electron chi connectivity index (χ0n) is 15.1. The number of fused-ring (bicyclic) bond motifs is 1. The van der Waals surface area contributed by atoms with Gasteiger partial charge in [0.2, 0.25) is 5.91 Å². The lowest BCUT2D eigenvalue weighted by molar-refractivity contribution is -0.116. The number of nitrogens with zero attached hydrogens (tertiary/aromatic N) is 1. The maximum absolute atomic E-state index is 12.2. The van der Waals surface area contributed by atoms with Crippen LogP contribution in [0.2, 0.25) is 5.02 Å². The number of amides is 1. The van der Waals surface area contributed by atoms with E-state index in [4.69, 9.17) is 26.8 Å². The first kappa shape index (κ1) is 18.6. The van der Waals surface area contributed by atoms with Gasteiger partial charge in [-0.2, -0.15) is 0 Å².